The molecule has 0 amide bonds. The first kappa shape index (κ1) is 11.6. The molecule has 1 aliphatic rings. The van der Waals surface area contributed by atoms with Crippen LogP contribution in [0.25, 0.3) is 0 Å². The Bertz CT molecular complexity index is 340. The molecule has 1 heterocycles. The summed E-state index contributed by atoms with van der Waals surface area (Å²) in [4.78, 5) is 0. The van der Waals surface area contributed by atoms with Gasteiger partial charge >= 0.3 is 0 Å². The van der Waals surface area contributed by atoms with Crippen LogP contribution in [0, 0.1) is 0 Å². The van der Waals surface area contributed by atoms with Crippen LogP contribution >= 0.6 is 0 Å². The molecular formula is C12H21N3O. The van der Waals surface area contributed by atoms with E-state index in [-0.39, 0.29) is 6.61 Å². The van der Waals surface area contributed by atoms with Crippen molar-refractivity contribution in [1.29, 1.82) is 0 Å². The smallest absolute Gasteiger partial charge is 0.112 e. The third kappa shape index (κ3) is 1.86. The molecular weight excluding hydrogens is 202 g/mol. The molecule has 1 aromatic heterocycles. The normalized spacial score (nSPS) is 16.8. The van der Waals surface area contributed by atoms with E-state index >= 15 is 0 Å². The van der Waals surface area contributed by atoms with Crippen LogP contribution in [0.2, 0.25) is 0 Å². The van der Waals surface area contributed by atoms with E-state index < -0.39 is 0 Å². The van der Waals surface area contributed by atoms with Crippen LogP contribution in [0.3, 0.4) is 0 Å². The van der Waals surface area contributed by atoms with Crippen molar-refractivity contribution in [3.8, 4) is 0 Å². The van der Waals surface area contributed by atoms with Crippen LogP contribution in [0.1, 0.15) is 69.3 Å². The second kappa shape index (κ2) is 4.95. The molecule has 0 saturated heterocycles. The largest absolute Gasteiger partial charge is 0.390 e. The molecule has 1 aliphatic carbocycles. The molecule has 0 unspecified atom stereocenters. The summed E-state index contributed by atoms with van der Waals surface area (Å²) in [5.74, 6) is 0.581. The molecule has 90 valence electrons. The van der Waals surface area contributed by atoms with Gasteiger partial charge in [-0.05, 0) is 25.7 Å². The zero-order valence-electron chi connectivity index (χ0n) is 10.2. The highest BCUT2D eigenvalue weighted by atomic mass is 16.3. The van der Waals surface area contributed by atoms with Gasteiger partial charge < -0.3 is 5.11 Å². The molecule has 0 aliphatic heterocycles. The van der Waals surface area contributed by atoms with Crippen LogP contribution in [0.5, 0.6) is 0 Å². The summed E-state index contributed by atoms with van der Waals surface area (Å²) in [6.45, 7) is 4.38. The van der Waals surface area contributed by atoms with Gasteiger partial charge in [-0.2, -0.15) is 0 Å². The third-order valence-electron chi connectivity index (χ3n) is 3.73. The van der Waals surface area contributed by atoms with Crippen LogP contribution in [-0.2, 0) is 6.61 Å². The van der Waals surface area contributed by atoms with Crippen molar-refractivity contribution in [1.82, 2.24) is 15.0 Å². The molecule has 16 heavy (non-hydrogen) atoms. The highest BCUT2D eigenvalue weighted by Crippen LogP contribution is 2.38. The molecule has 0 aromatic carbocycles. The maximum absolute atomic E-state index is 9.31. The average molecular weight is 223 g/mol. The zero-order valence-corrected chi connectivity index (χ0v) is 10.2. The fraction of sp³-hybridized carbons (Fsp3) is 0.833. The summed E-state index contributed by atoms with van der Waals surface area (Å²) >= 11 is 0. The average Bonchev–Trinajstić information content (AvgIpc) is 2.62. The molecule has 1 saturated carbocycles. The number of hydrogen-bond donors (Lipinski definition) is 1. The predicted molar refractivity (Wildman–Crippen MR) is 62.2 cm³/mol. The quantitative estimate of drug-likeness (QED) is 0.834. The summed E-state index contributed by atoms with van der Waals surface area (Å²) in [5.41, 5.74) is 1.99. The van der Waals surface area contributed by atoms with Crippen molar-refractivity contribution in [3.63, 3.8) is 0 Å². The SMILES string of the molecule is CCC(CC)n1nnc(CO)c1C1CCC1. The van der Waals surface area contributed by atoms with E-state index in [1.165, 1.54) is 25.0 Å². The summed E-state index contributed by atoms with van der Waals surface area (Å²) in [6.07, 6.45) is 5.89. The molecule has 0 radical (unpaired) electrons. The van der Waals surface area contributed by atoms with Gasteiger partial charge in [-0.1, -0.05) is 25.5 Å². The van der Waals surface area contributed by atoms with Gasteiger partial charge in [0.1, 0.15) is 5.69 Å². The lowest BCUT2D eigenvalue weighted by molar-refractivity contribution is 0.270. The molecule has 0 spiro atoms. The molecule has 0 atom stereocenters. The third-order valence-corrected chi connectivity index (χ3v) is 3.73. The van der Waals surface area contributed by atoms with Gasteiger partial charge in [0, 0.05) is 5.92 Å². The van der Waals surface area contributed by atoms with Gasteiger partial charge in [0.15, 0.2) is 0 Å². The molecule has 1 N–H and O–H groups in total. The molecule has 1 aromatic rings. The van der Waals surface area contributed by atoms with Crippen LogP contribution in [-0.4, -0.2) is 20.1 Å². The van der Waals surface area contributed by atoms with Crippen molar-refractivity contribution < 1.29 is 5.11 Å². The lowest BCUT2D eigenvalue weighted by Crippen LogP contribution is -2.20. The van der Waals surface area contributed by atoms with E-state index in [0.717, 1.165) is 18.5 Å². The molecule has 4 nitrogen and oxygen atoms in total. The lowest BCUT2D eigenvalue weighted by atomic mass is 9.82. The number of nitrogens with zero attached hydrogens (tertiary/aromatic N) is 3. The fourth-order valence-corrected chi connectivity index (χ4v) is 2.46. The monoisotopic (exact) mass is 223 g/mol. The van der Waals surface area contributed by atoms with Crippen molar-refractivity contribution in [2.75, 3.05) is 0 Å². The first-order valence-corrected chi connectivity index (χ1v) is 6.36. The van der Waals surface area contributed by atoms with Crippen LogP contribution < -0.4 is 0 Å². The Hall–Kier alpha value is -0.900. The van der Waals surface area contributed by atoms with Crippen molar-refractivity contribution >= 4 is 0 Å². The van der Waals surface area contributed by atoms with Gasteiger partial charge in [-0.3, -0.25) is 0 Å². The van der Waals surface area contributed by atoms with E-state index in [9.17, 15) is 5.11 Å². The van der Waals surface area contributed by atoms with Gasteiger partial charge in [0.25, 0.3) is 0 Å². The van der Waals surface area contributed by atoms with E-state index in [0.29, 0.717) is 12.0 Å². The topological polar surface area (TPSA) is 50.9 Å². The minimum Gasteiger partial charge on any atom is -0.390 e. The Labute approximate surface area is 96.7 Å². The second-order valence-electron chi connectivity index (χ2n) is 4.62. The number of aliphatic hydroxyl groups excluding tert-OH is 1. The lowest BCUT2D eigenvalue weighted by Gasteiger charge is -2.28. The van der Waals surface area contributed by atoms with Gasteiger partial charge in [0.05, 0.1) is 18.3 Å². The number of rotatable bonds is 5. The first-order chi connectivity index (χ1) is 7.81. The molecule has 2 rings (SSSR count). The highest BCUT2D eigenvalue weighted by Gasteiger charge is 2.28. The zero-order chi connectivity index (χ0) is 11.5. The van der Waals surface area contributed by atoms with Crippen molar-refractivity contribution in [2.24, 2.45) is 0 Å². The Morgan fingerprint density at radius 3 is 2.50 bits per heavy atom. The van der Waals surface area contributed by atoms with E-state index in [4.69, 9.17) is 0 Å². The van der Waals surface area contributed by atoms with Gasteiger partial charge in [0.2, 0.25) is 0 Å². The number of aliphatic hydroxyl groups is 1. The number of aromatic nitrogens is 3. The second-order valence-corrected chi connectivity index (χ2v) is 4.62. The predicted octanol–water partition coefficient (Wildman–Crippen LogP) is 2.40. The van der Waals surface area contributed by atoms with Crippen molar-refractivity contribution in [2.45, 2.75) is 64.5 Å². The first-order valence-electron chi connectivity index (χ1n) is 6.36. The van der Waals surface area contributed by atoms with Crippen LogP contribution in [0.15, 0.2) is 0 Å². The fourth-order valence-electron chi connectivity index (χ4n) is 2.46. The summed E-state index contributed by atoms with van der Waals surface area (Å²) in [6, 6.07) is 0.434. The molecule has 0 bridgehead atoms. The summed E-state index contributed by atoms with van der Waals surface area (Å²) < 4.78 is 2.06. The maximum atomic E-state index is 9.31. The Balaban J connectivity index is 2.32. The maximum Gasteiger partial charge on any atom is 0.112 e. The Morgan fingerprint density at radius 1 is 1.38 bits per heavy atom. The van der Waals surface area contributed by atoms with E-state index in [1.807, 2.05) is 0 Å². The van der Waals surface area contributed by atoms with E-state index in [2.05, 4.69) is 28.8 Å². The molecule has 1 fully saturated rings. The number of hydrogen-bond acceptors (Lipinski definition) is 3. The highest BCUT2D eigenvalue weighted by molar-refractivity contribution is 5.18. The Kier molecular flexibility index (Phi) is 3.59. The summed E-state index contributed by atoms with van der Waals surface area (Å²) in [7, 11) is 0. The molecule has 4 heteroatoms. The standard InChI is InChI=1S/C12H21N3O/c1-3-10(4-2)15-12(9-6-5-7-9)11(8-16)13-14-15/h9-10,16H,3-8H2,1-2H3. The van der Waals surface area contributed by atoms with Crippen molar-refractivity contribution in [3.05, 3.63) is 11.4 Å². The minimum atomic E-state index is 0.0198. The van der Waals surface area contributed by atoms with Gasteiger partial charge in [-0.15, -0.1) is 5.10 Å². The van der Waals surface area contributed by atoms with Crippen LogP contribution in [0.4, 0.5) is 0 Å². The minimum absolute atomic E-state index is 0.0198. The van der Waals surface area contributed by atoms with Gasteiger partial charge in [-0.25, -0.2) is 4.68 Å². The summed E-state index contributed by atoms with van der Waals surface area (Å²) in [5, 5.41) is 17.7. The Morgan fingerprint density at radius 2 is 2.06 bits per heavy atom. The van der Waals surface area contributed by atoms with E-state index in [1.54, 1.807) is 0 Å².